The lowest BCUT2D eigenvalue weighted by Crippen LogP contribution is -2.45. The van der Waals surface area contributed by atoms with Crippen LogP contribution in [0.1, 0.15) is 38.2 Å². The second-order valence-corrected chi connectivity index (χ2v) is 7.52. The number of carbonyl (C=O) groups is 3. The summed E-state index contributed by atoms with van der Waals surface area (Å²) in [7, 11) is 0. The Kier molecular flexibility index (Phi) is 4.34. The van der Waals surface area contributed by atoms with E-state index < -0.39 is 17.5 Å². The molecule has 1 aliphatic heterocycles. The number of nitrogens with one attached hydrogen (secondary N) is 2. The van der Waals surface area contributed by atoms with E-state index in [1.54, 1.807) is 6.92 Å². The Balaban J connectivity index is 1.58. The van der Waals surface area contributed by atoms with E-state index in [1.807, 2.05) is 42.5 Å². The Hall–Kier alpha value is -2.89. The van der Waals surface area contributed by atoms with Gasteiger partial charge in [0.15, 0.2) is 0 Å². The summed E-state index contributed by atoms with van der Waals surface area (Å²) in [5.41, 5.74) is -0.455. The maximum absolute atomic E-state index is 13.1. The molecule has 6 nitrogen and oxygen atoms in total. The van der Waals surface area contributed by atoms with Crippen molar-refractivity contribution in [3.05, 3.63) is 48.0 Å². The van der Waals surface area contributed by atoms with Crippen LogP contribution >= 0.6 is 0 Å². The molecule has 4 rings (SSSR count). The number of amides is 4. The normalized spacial score (nSPS) is 23.1. The molecule has 0 bridgehead atoms. The highest BCUT2D eigenvalue weighted by molar-refractivity contribution is 6.10. The predicted molar refractivity (Wildman–Crippen MR) is 102 cm³/mol. The highest BCUT2D eigenvalue weighted by Crippen LogP contribution is 2.33. The molecule has 2 fully saturated rings. The first kappa shape index (κ1) is 17.5. The van der Waals surface area contributed by atoms with Crippen molar-refractivity contribution in [1.29, 1.82) is 0 Å². The van der Waals surface area contributed by atoms with Gasteiger partial charge in [-0.25, -0.2) is 4.79 Å². The predicted octanol–water partition coefficient (Wildman–Crippen LogP) is 2.67. The maximum Gasteiger partial charge on any atom is 0.325 e. The zero-order valence-corrected chi connectivity index (χ0v) is 15.3. The van der Waals surface area contributed by atoms with Crippen molar-refractivity contribution in [2.45, 2.75) is 44.2 Å². The standard InChI is InChI=1S/C21H23N3O3/c1-21(17-12-6-8-14-7-2-5-11-16(14)17)19(26)24(20(27)23-21)13-18(25)22-15-9-3-4-10-15/h2,5-8,11-12,15H,3-4,9-10,13H2,1H3,(H,22,25)(H,23,27). The Labute approximate surface area is 157 Å². The molecule has 2 aliphatic rings. The van der Waals surface area contributed by atoms with Gasteiger partial charge in [-0.3, -0.25) is 14.5 Å². The van der Waals surface area contributed by atoms with E-state index in [0.29, 0.717) is 0 Å². The Morgan fingerprint density at radius 3 is 2.63 bits per heavy atom. The number of urea groups is 1. The smallest absolute Gasteiger partial charge is 0.325 e. The molecule has 4 amide bonds. The SMILES string of the molecule is CC1(c2cccc3ccccc23)NC(=O)N(CC(=O)NC2CCCC2)C1=O. The number of fused-ring (bicyclic) bond motifs is 1. The molecule has 1 saturated carbocycles. The van der Waals surface area contributed by atoms with Crippen LogP contribution in [0.4, 0.5) is 4.79 Å². The van der Waals surface area contributed by atoms with Crippen LogP contribution in [0.25, 0.3) is 10.8 Å². The van der Waals surface area contributed by atoms with Gasteiger partial charge in [0.2, 0.25) is 5.91 Å². The van der Waals surface area contributed by atoms with Crippen LogP contribution in [0.3, 0.4) is 0 Å². The number of carbonyl (C=O) groups excluding carboxylic acids is 3. The fraction of sp³-hybridized carbons (Fsp3) is 0.381. The molecule has 2 N–H and O–H groups in total. The zero-order chi connectivity index (χ0) is 19.0. The molecule has 1 heterocycles. The van der Waals surface area contributed by atoms with Crippen molar-refractivity contribution in [1.82, 2.24) is 15.5 Å². The fourth-order valence-electron chi connectivity index (χ4n) is 4.17. The number of benzene rings is 2. The summed E-state index contributed by atoms with van der Waals surface area (Å²) < 4.78 is 0. The zero-order valence-electron chi connectivity index (χ0n) is 15.3. The summed E-state index contributed by atoms with van der Waals surface area (Å²) in [5, 5.41) is 7.63. The number of nitrogens with zero attached hydrogens (tertiary/aromatic N) is 1. The third kappa shape index (κ3) is 3.05. The highest BCUT2D eigenvalue weighted by atomic mass is 16.2. The molecule has 1 atom stereocenters. The van der Waals surface area contributed by atoms with Gasteiger partial charge in [0, 0.05) is 6.04 Å². The summed E-state index contributed by atoms with van der Waals surface area (Å²) in [4.78, 5) is 39.0. The third-order valence-electron chi connectivity index (χ3n) is 5.63. The molecule has 2 aromatic rings. The van der Waals surface area contributed by atoms with Crippen LogP contribution in [-0.2, 0) is 15.1 Å². The fourth-order valence-corrected chi connectivity index (χ4v) is 4.17. The number of rotatable bonds is 4. The van der Waals surface area contributed by atoms with Crippen molar-refractivity contribution in [2.75, 3.05) is 6.54 Å². The van der Waals surface area contributed by atoms with Crippen LogP contribution in [0, 0.1) is 0 Å². The third-order valence-corrected chi connectivity index (χ3v) is 5.63. The van der Waals surface area contributed by atoms with Crippen molar-refractivity contribution >= 4 is 28.6 Å². The average Bonchev–Trinajstić information content (AvgIpc) is 3.24. The first-order valence-electron chi connectivity index (χ1n) is 9.41. The van der Waals surface area contributed by atoms with Gasteiger partial charge >= 0.3 is 6.03 Å². The van der Waals surface area contributed by atoms with Gasteiger partial charge in [0.25, 0.3) is 5.91 Å². The Morgan fingerprint density at radius 1 is 1.15 bits per heavy atom. The van der Waals surface area contributed by atoms with Crippen LogP contribution in [-0.4, -0.2) is 35.3 Å². The summed E-state index contributed by atoms with van der Waals surface area (Å²) in [6, 6.07) is 13.1. The Bertz CT molecular complexity index is 915. The molecule has 1 unspecified atom stereocenters. The van der Waals surface area contributed by atoms with Gasteiger partial charge in [0.1, 0.15) is 12.1 Å². The van der Waals surface area contributed by atoms with Gasteiger partial charge < -0.3 is 10.6 Å². The lowest BCUT2D eigenvalue weighted by atomic mass is 9.88. The van der Waals surface area contributed by atoms with Gasteiger partial charge in [-0.1, -0.05) is 55.3 Å². The minimum atomic E-state index is -1.19. The molecule has 140 valence electrons. The average molecular weight is 365 g/mol. The van der Waals surface area contributed by atoms with E-state index in [4.69, 9.17) is 0 Å². The molecule has 2 aromatic carbocycles. The number of hydrogen-bond donors (Lipinski definition) is 2. The minimum Gasteiger partial charge on any atom is -0.352 e. The summed E-state index contributed by atoms with van der Waals surface area (Å²) in [5.74, 6) is -0.682. The van der Waals surface area contributed by atoms with Crippen LogP contribution in [0.5, 0.6) is 0 Å². The highest BCUT2D eigenvalue weighted by Gasteiger charge is 2.50. The van der Waals surface area contributed by atoms with Crippen LogP contribution in [0.2, 0.25) is 0 Å². The second kappa shape index (κ2) is 6.68. The van der Waals surface area contributed by atoms with Crippen molar-refractivity contribution in [3.63, 3.8) is 0 Å². The molecule has 27 heavy (non-hydrogen) atoms. The molecule has 0 radical (unpaired) electrons. The molecule has 6 heteroatoms. The van der Waals surface area contributed by atoms with E-state index >= 15 is 0 Å². The monoisotopic (exact) mass is 365 g/mol. The topological polar surface area (TPSA) is 78.5 Å². The molecular weight excluding hydrogens is 342 g/mol. The second-order valence-electron chi connectivity index (χ2n) is 7.52. The van der Waals surface area contributed by atoms with E-state index in [-0.39, 0.29) is 18.5 Å². The lowest BCUT2D eigenvalue weighted by molar-refractivity contribution is -0.135. The van der Waals surface area contributed by atoms with E-state index in [9.17, 15) is 14.4 Å². The molecular formula is C21H23N3O3. The number of imide groups is 1. The van der Waals surface area contributed by atoms with Crippen molar-refractivity contribution in [2.24, 2.45) is 0 Å². The van der Waals surface area contributed by atoms with Gasteiger partial charge in [0.05, 0.1) is 0 Å². The number of hydrogen-bond acceptors (Lipinski definition) is 3. The molecule has 0 spiro atoms. The van der Waals surface area contributed by atoms with E-state index in [2.05, 4.69) is 10.6 Å². The van der Waals surface area contributed by atoms with Gasteiger partial charge in [-0.2, -0.15) is 0 Å². The summed E-state index contributed by atoms with van der Waals surface area (Å²) >= 11 is 0. The first-order valence-corrected chi connectivity index (χ1v) is 9.41. The van der Waals surface area contributed by atoms with Crippen molar-refractivity contribution < 1.29 is 14.4 Å². The van der Waals surface area contributed by atoms with Crippen molar-refractivity contribution in [3.8, 4) is 0 Å². The Morgan fingerprint density at radius 2 is 1.85 bits per heavy atom. The summed E-state index contributed by atoms with van der Waals surface area (Å²) in [6.07, 6.45) is 4.12. The molecule has 1 aliphatic carbocycles. The summed E-state index contributed by atoms with van der Waals surface area (Å²) in [6.45, 7) is 1.45. The van der Waals surface area contributed by atoms with E-state index in [0.717, 1.165) is 46.9 Å². The quantitative estimate of drug-likeness (QED) is 0.818. The van der Waals surface area contributed by atoms with E-state index in [1.165, 1.54) is 0 Å². The minimum absolute atomic E-state index is 0.155. The van der Waals surface area contributed by atoms with Crippen LogP contribution < -0.4 is 10.6 Å². The van der Waals surface area contributed by atoms with Gasteiger partial charge in [-0.05, 0) is 36.1 Å². The largest absolute Gasteiger partial charge is 0.352 e. The van der Waals surface area contributed by atoms with Gasteiger partial charge in [-0.15, -0.1) is 0 Å². The molecule has 1 saturated heterocycles. The van der Waals surface area contributed by atoms with Crippen LogP contribution in [0.15, 0.2) is 42.5 Å². The maximum atomic E-state index is 13.1. The first-order chi connectivity index (χ1) is 13.0. The molecule has 0 aromatic heterocycles. The lowest BCUT2D eigenvalue weighted by Gasteiger charge is -2.24.